The van der Waals surface area contributed by atoms with Crippen molar-refractivity contribution in [3.63, 3.8) is 0 Å². The summed E-state index contributed by atoms with van der Waals surface area (Å²) in [5.74, 6) is 1.02. The van der Waals surface area contributed by atoms with Crippen molar-refractivity contribution in [2.24, 2.45) is 13.0 Å². The molecule has 1 unspecified atom stereocenters. The minimum absolute atomic E-state index is 0.104. The molecule has 0 saturated heterocycles. The number of nitrogens with zero attached hydrogens (tertiary/aromatic N) is 4. The van der Waals surface area contributed by atoms with Gasteiger partial charge in [-0.2, -0.15) is 5.10 Å². The van der Waals surface area contributed by atoms with Gasteiger partial charge in [-0.3, -0.25) is 10.1 Å². The van der Waals surface area contributed by atoms with E-state index in [9.17, 15) is 10.1 Å². The van der Waals surface area contributed by atoms with E-state index in [0.29, 0.717) is 23.9 Å². The molecule has 21 heavy (non-hydrogen) atoms. The Labute approximate surface area is 126 Å². The summed E-state index contributed by atoms with van der Waals surface area (Å²) in [6.45, 7) is 7.01. The lowest BCUT2D eigenvalue weighted by Gasteiger charge is -2.24. The van der Waals surface area contributed by atoms with Gasteiger partial charge in [0.2, 0.25) is 5.82 Å². The Hall–Kier alpha value is -1.63. The zero-order chi connectivity index (χ0) is 16.2. The molecule has 0 aliphatic rings. The van der Waals surface area contributed by atoms with Crippen molar-refractivity contribution < 1.29 is 4.92 Å². The van der Waals surface area contributed by atoms with Crippen LogP contribution in [0.3, 0.4) is 0 Å². The largest absolute Gasteiger partial charge is 0.361 e. The number of nitrogens with one attached hydrogen (secondary N) is 1. The van der Waals surface area contributed by atoms with Crippen LogP contribution in [0.4, 0.5) is 11.5 Å². The monoisotopic (exact) mass is 297 g/mol. The van der Waals surface area contributed by atoms with Gasteiger partial charge in [0, 0.05) is 19.6 Å². The average molecular weight is 297 g/mol. The molecule has 120 valence electrons. The lowest BCUT2D eigenvalue weighted by Crippen LogP contribution is -2.34. The number of nitro groups is 1. The maximum atomic E-state index is 11.3. The van der Waals surface area contributed by atoms with Crippen molar-refractivity contribution in [1.29, 1.82) is 0 Å². The second-order valence-corrected chi connectivity index (χ2v) is 6.11. The van der Waals surface area contributed by atoms with Gasteiger partial charge in [-0.05, 0) is 32.9 Å². The Balaban J connectivity index is 3.07. The lowest BCUT2D eigenvalue weighted by molar-refractivity contribution is -0.384. The molecule has 0 aromatic carbocycles. The first-order valence-electron chi connectivity index (χ1n) is 7.37. The summed E-state index contributed by atoms with van der Waals surface area (Å²) in [5, 5.41) is 18.9. The summed E-state index contributed by atoms with van der Waals surface area (Å²) in [6.07, 6.45) is 1.50. The molecule has 7 heteroatoms. The fraction of sp³-hybridized carbons (Fsp3) is 0.786. The summed E-state index contributed by atoms with van der Waals surface area (Å²) < 4.78 is 1.58. The third-order valence-corrected chi connectivity index (χ3v) is 3.29. The van der Waals surface area contributed by atoms with Gasteiger partial charge in [-0.15, -0.1) is 0 Å². The van der Waals surface area contributed by atoms with Crippen LogP contribution in [0.15, 0.2) is 0 Å². The highest BCUT2D eigenvalue weighted by molar-refractivity contribution is 5.60. The van der Waals surface area contributed by atoms with Gasteiger partial charge in [0.1, 0.15) is 5.69 Å². The summed E-state index contributed by atoms with van der Waals surface area (Å²) in [6, 6.07) is 0.152. The lowest BCUT2D eigenvalue weighted by atomic mass is 10.0. The van der Waals surface area contributed by atoms with E-state index in [1.807, 2.05) is 21.0 Å². The molecule has 0 aliphatic heterocycles. The van der Waals surface area contributed by atoms with E-state index in [1.165, 1.54) is 0 Å². The van der Waals surface area contributed by atoms with E-state index >= 15 is 0 Å². The molecule has 0 fully saturated rings. The average Bonchev–Trinajstić information content (AvgIpc) is 2.64. The Morgan fingerprint density at radius 2 is 2.05 bits per heavy atom. The summed E-state index contributed by atoms with van der Waals surface area (Å²) in [4.78, 5) is 13.1. The molecule has 1 aromatic heterocycles. The minimum atomic E-state index is -0.337. The fourth-order valence-electron chi connectivity index (χ4n) is 2.54. The Morgan fingerprint density at radius 3 is 2.48 bits per heavy atom. The van der Waals surface area contributed by atoms with Gasteiger partial charge >= 0.3 is 5.69 Å². The van der Waals surface area contributed by atoms with Gasteiger partial charge in [-0.1, -0.05) is 20.8 Å². The number of anilines is 1. The first kappa shape index (κ1) is 17.4. The molecular formula is C14H27N5O2. The van der Waals surface area contributed by atoms with Crippen molar-refractivity contribution in [3.05, 3.63) is 15.8 Å². The zero-order valence-corrected chi connectivity index (χ0v) is 13.9. The van der Waals surface area contributed by atoms with Crippen LogP contribution >= 0.6 is 0 Å². The number of hydrogen-bond donors (Lipinski definition) is 1. The third kappa shape index (κ3) is 4.70. The molecule has 1 atom stereocenters. The van der Waals surface area contributed by atoms with Gasteiger partial charge in [-0.25, -0.2) is 4.68 Å². The standard InChI is InChI=1S/C14H27N5O2/c1-7-12-13(19(20)21)14(18(6)16-12)15-11(8-10(2)3)9-17(4)5/h10-11,15H,7-9H2,1-6H3. The highest BCUT2D eigenvalue weighted by atomic mass is 16.6. The van der Waals surface area contributed by atoms with E-state index in [0.717, 1.165) is 13.0 Å². The molecule has 0 bridgehead atoms. The number of likely N-dealkylation sites (N-methyl/N-ethyl adjacent to an activating group) is 1. The third-order valence-electron chi connectivity index (χ3n) is 3.29. The predicted octanol–water partition coefficient (Wildman–Crippen LogP) is 2.28. The second-order valence-electron chi connectivity index (χ2n) is 6.11. The summed E-state index contributed by atoms with van der Waals surface area (Å²) in [7, 11) is 5.75. The zero-order valence-electron chi connectivity index (χ0n) is 13.9. The number of aromatic nitrogens is 2. The van der Waals surface area contributed by atoms with Crippen molar-refractivity contribution in [2.75, 3.05) is 26.0 Å². The summed E-state index contributed by atoms with van der Waals surface area (Å²) in [5.41, 5.74) is 0.630. The molecule has 1 aromatic rings. The number of rotatable bonds is 8. The van der Waals surface area contributed by atoms with Gasteiger partial charge < -0.3 is 10.2 Å². The maximum absolute atomic E-state index is 11.3. The molecule has 1 N–H and O–H groups in total. The van der Waals surface area contributed by atoms with Crippen molar-refractivity contribution >= 4 is 11.5 Å². The number of hydrogen-bond acceptors (Lipinski definition) is 5. The Bertz CT molecular complexity index is 472. The number of aryl methyl sites for hydroxylation is 2. The molecule has 0 radical (unpaired) electrons. The van der Waals surface area contributed by atoms with Crippen molar-refractivity contribution in [1.82, 2.24) is 14.7 Å². The van der Waals surface area contributed by atoms with Crippen molar-refractivity contribution in [2.45, 2.75) is 39.7 Å². The highest BCUT2D eigenvalue weighted by Crippen LogP contribution is 2.29. The minimum Gasteiger partial charge on any atom is -0.361 e. The van der Waals surface area contributed by atoms with Crippen LogP contribution in [0.1, 0.15) is 32.9 Å². The van der Waals surface area contributed by atoms with Gasteiger partial charge in [0.05, 0.1) is 4.92 Å². The van der Waals surface area contributed by atoms with Crippen LogP contribution in [0.2, 0.25) is 0 Å². The van der Waals surface area contributed by atoms with E-state index in [4.69, 9.17) is 0 Å². The molecule has 1 rings (SSSR count). The summed E-state index contributed by atoms with van der Waals surface area (Å²) >= 11 is 0. The van der Waals surface area contributed by atoms with Crippen LogP contribution in [0, 0.1) is 16.0 Å². The molecule has 0 amide bonds. The fourth-order valence-corrected chi connectivity index (χ4v) is 2.54. The van der Waals surface area contributed by atoms with Crippen molar-refractivity contribution in [3.8, 4) is 0 Å². The quantitative estimate of drug-likeness (QED) is 0.588. The molecule has 1 heterocycles. The van der Waals surface area contributed by atoms with Crippen LogP contribution in [-0.4, -0.2) is 46.3 Å². The second kappa shape index (κ2) is 7.40. The van der Waals surface area contributed by atoms with Crippen LogP contribution < -0.4 is 5.32 Å². The van der Waals surface area contributed by atoms with E-state index < -0.39 is 0 Å². The van der Waals surface area contributed by atoms with E-state index in [2.05, 4.69) is 29.2 Å². The van der Waals surface area contributed by atoms with E-state index in [1.54, 1.807) is 11.7 Å². The topological polar surface area (TPSA) is 76.2 Å². The Morgan fingerprint density at radius 1 is 1.43 bits per heavy atom. The first-order valence-corrected chi connectivity index (χ1v) is 7.37. The molecule has 0 spiro atoms. The molecule has 7 nitrogen and oxygen atoms in total. The smallest absolute Gasteiger partial charge is 0.333 e. The van der Waals surface area contributed by atoms with Gasteiger partial charge in [0.15, 0.2) is 0 Å². The predicted molar refractivity (Wildman–Crippen MR) is 84.7 cm³/mol. The normalized spacial score (nSPS) is 13.0. The molecular weight excluding hydrogens is 270 g/mol. The SMILES string of the molecule is CCc1nn(C)c(NC(CC(C)C)CN(C)C)c1[N+](=O)[O-]. The van der Waals surface area contributed by atoms with Crippen LogP contribution in [0.25, 0.3) is 0 Å². The van der Waals surface area contributed by atoms with Gasteiger partial charge in [0.25, 0.3) is 0 Å². The first-order chi connectivity index (χ1) is 9.76. The Kier molecular flexibility index (Phi) is 6.14. The highest BCUT2D eigenvalue weighted by Gasteiger charge is 2.27. The maximum Gasteiger partial charge on any atom is 0.333 e. The van der Waals surface area contributed by atoms with Crippen LogP contribution in [0.5, 0.6) is 0 Å². The van der Waals surface area contributed by atoms with Crippen LogP contribution in [-0.2, 0) is 13.5 Å². The molecule has 0 aliphatic carbocycles. The van der Waals surface area contributed by atoms with E-state index in [-0.39, 0.29) is 16.7 Å². The molecule has 0 saturated carbocycles.